The molecule has 19 heavy (non-hydrogen) atoms. The number of halogens is 5. The molecular formula is C12H7Cl5O2. The van der Waals surface area contributed by atoms with Gasteiger partial charge in [0.05, 0.1) is 12.2 Å². The van der Waals surface area contributed by atoms with Crippen LogP contribution in [0.1, 0.15) is 0 Å². The van der Waals surface area contributed by atoms with Crippen LogP contribution in [0, 0.1) is 29.6 Å². The lowest BCUT2D eigenvalue weighted by molar-refractivity contribution is -0.130. The number of hydrogen-bond acceptors (Lipinski definition) is 2. The summed E-state index contributed by atoms with van der Waals surface area (Å²) < 4.78 is 4.20. The normalized spacial score (nSPS) is 79.2. The number of ether oxygens (including phenoxy) is 1. The molecule has 5 saturated carbocycles. The quantitative estimate of drug-likeness (QED) is 0.491. The van der Waals surface area contributed by atoms with Gasteiger partial charge in [-0.3, -0.25) is 4.79 Å². The van der Waals surface area contributed by atoms with Crippen molar-refractivity contribution in [2.24, 2.45) is 29.6 Å². The number of ketones is 1. The van der Waals surface area contributed by atoms with Crippen LogP contribution in [0.2, 0.25) is 0 Å². The zero-order valence-corrected chi connectivity index (χ0v) is 13.0. The first kappa shape index (κ1) is 11.6. The zero-order chi connectivity index (χ0) is 13.3. The minimum Gasteiger partial charge on any atom is -0.369 e. The molecule has 2 nitrogen and oxygen atoms in total. The van der Waals surface area contributed by atoms with E-state index in [-0.39, 0.29) is 47.6 Å². The summed E-state index contributed by atoms with van der Waals surface area (Å²) in [5, 5.41) is 0. The fourth-order valence-electron chi connectivity index (χ4n) is 6.58. The molecule has 6 rings (SSSR count). The summed E-state index contributed by atoms with van der Waals surface area (Å²) in [7, 11) is 0. The lowest BCUT2D eigenvalue weighted by Crippen LogP contribution is -2.64. The van der Waals surface area contributed by atoms with Gasteiger partial charge in [-0.2, -0.15) is 0 Å². The summed E-state index contributed by atoms with van der Waals surface area (Å²) in [4.78, 5) is 9.09. The molecule has 1 aliphatic heterocycles. The van der Waals surface area contributed by atoms with Gasteiger partial charge >= 0.3 is 0 Å². The molecule has 0 N–H and O–H groups in total. The third-order valence-electron chi connectivity index (χ3n) is 6.85. The first-order valence-corrected chi connectivity index (χ1v) is 8.29. The zero-order valence-electron chi connectivity index (χ0n) is 9.25. The monoisotopic (exact) mass is 358 g/mol. The van der Waals surface area contributed by atoms with E-state index in [1.165, 1.54) is 0 Å². The molecule has 6 bridgehead atoms. The standard InChI is InChI=1S/C12H7Cl5O2/c13-9-3-1-4-5(2(3)7-6(1)19-7)11(9,15)12(16,17)10(4,14)8(9)18/h1-7H/t1-,2+,3?,4?,5?,6+,7-,9?,10?,11?/m0/s1. The van der Waals surface area contributed by atoms with Crippen LogP contribution in [0.25, 0.3) is 0 Å². The van der Waals surface area contributed by atoms with Crippen molar-refractivity contribution >= 4 is 63.8 Å². The Morgan fingerprint density at radius 1 is 0.842 bits per heavy atom. The van der Waals surface area contributed by atoms with E-state index in [1.54, 1.807) is 0 Å². The topological polar surface area (TPSA) is 29.6 Å². The number of epoxide rings is 1. The number of alkyl halides is 5. The Balaban J connectivity index is 1.78. The Bertz CT molecular complexity index is 599. The Labute approximate surface area is 134 Å². The third-order valence-corrected chi connectivity index (χ3v) is 10.8. The number of rotatable bonds is 0. The van der Waals surface area contributed by atoms with Crippen molar-refractivity contribution in [3.63, 3.8) is 0 Å². The average molecular weight is 360 g/mol. The number of carbonyl (C=O) groups is 1. The van der Waals surface area contributed by atoms with Crippen LogP contribution in [0.4, 0.5) is 0 Å². The van der Waals surface area contributed by atoms with E-state index >= 15 is 0 Å². The molecule has 0 amide bonds. The molecule has 6 fully saturated rings. The van der Waals surface area contributed by atoms with Gasteiger partial charge in [0.1, 0.15) is 14.6 Å². The SMILES string of the molecule is O=C1C2(Cl)C3C4[C@H]5C([C@@H]3[C@H]3O[C@@H]53)C1(Cl)C4(Cl)C2(Cl)Cl. The Hall–Kier alpha value is 1.08. The van der Waals surface area contributed by atoms with Gasteiger partial charge in [-0.05, 0) is 29.6 Å². The van der Waals surface area contributed by atoms with E-state index in [9.17, 15) is 4.79 Å². The predicted molar refractivity (Wildman–Crippen MR) is 71.3 cm³/mol. The molecule has 10 atom stereocenters. The van der Waals surface area contributed by atoms with Gasteiger partial charge in [0.15, 0.2) is 10.1 Å². The predicted octanol–water partition coefficient (Wildman–Crippen LogP) is 2.58. The van der Waals surface area contributed by atoms with Gasteiger partial charge in [-0.25, -0.2) is 0 Å². The summed E-state index contributed by atoms with van der Waals surface area (Å²) >= 11 is 33.3. The Kier molecular flexibility index (Phi) is 1.52. The van der Waals surface area contributed by atoms with Gasteiger partial charge < -0.3 is 4.74 Å². The van der Waals surface area contributed by atoms with Crippen molar-refractivity contribution in [3.05, 3.63) is 0 Å². The highest BCUT2D eigenvalue weighted by molar-refractivity contribution is 6.69. The molecule has 102 valence electrons. The average Bonchev–Trinajstić information content (AvgIpc) is 2.89. The van der Waals surface area contributed by atoms with Crippen LogP contribution in [-0.2, 0) is 9.53 Å². The van der Waals surface area contributed by atoms with Gasteiger partial charge in [0.2, 0.25) is 0 Å². The summed E-state index contributed by atoms with van der Waals surface area (Å²) in [5.41, 5.74) is 0. The van der Waals surface area contributed by atoms with Gasteiger partial charge in [0, 0.05) is 0 Å². The van der Waals surface area contributed by atoms with Crippen molar-refractivity contribution in [2.45, 2.75) is 31.2 Å². The highest BCUT2D eigenvalue weighted by Crippen LogP contribution is 2.93. The van der Waals surface area contributed by atoms with Gasteiger partial charge in [0.25, 0.3) is 0 Å². The summed E-state index contributed by atoms with van der Waals surface area (Å²) in [6, 6.07) is 0. The lowest BCUT2D eigenvalue weighted by atomic mass is 9.62. The highest BCUT2D eigenvalue weighted by Gasteiger charge is 3.05. The van der Waals surface area contributed by atoms with E-state index in [2.05, 4.69) is 0 Å². The van der Waals surface area contributed by atoms with Gasteiger partial charge in [-0.15, -0.1) is 34.8 Å². The molecule has 6 aliphatic rings. The molecule has 5 aliphatic carbocycles. The van der Waals surface area contributed by atoms with E-state index in [1.807, 2.05) is 0 Å². The third kappa shape index (κ3) is 0.656. The van der Waals surface area contributed by atoms with Crippen molar-refractivity contribution in [1.82, 2.24) is 0 Å². The molecule has 0 aromatic rings. The number of carbonyl (C=O) groups excluding carboxylic acids is 1. The van der Waals surface area contributed by atoms with Gasteiger partial charge in [-0.1, -0.05) is 23.2 Å². The lowest BCUT2D eigenvalue weighted by Gasteiger charge is -2.49. The minimum atomic E-state index is -1.50. The molecular weight excluding hydrogens is 353 g/mol. The maximum absolute atomic E-state index is 12.8. The van der Waals surface area contributed by atoms with Crippen LogP contribution >= 0.6 is 58.0 Å². The van der Waals surface area contributed by atoms with E-state index < -0.39 is 19.0 Å². The Morgan fingerprint density at radius 3 is 2.05 bits per heavy atom. The second-order valence-corrected chi connectivity index (χ2v) is 9.95. The van der Waals surface area contributed by atoms with Crippen molar-refractivity contribution in [3.8, 4) is 0 Å². The molecule has 7 heteroatoms. The first-order chi connectivity index (χ1) is 8.75. The van der Waals surface area contributed by atoms with E-state index in [0.29, 0.717) is 0 Å². The molecule has 0 aromatic carbocycles. The smallest absolute Gasteiger partial charge is 0.180 e. The first-order valence-electron chi connectivity index (χ1n) is 6.40. The minimum absolute atomic E-state index is 0.00406. The van der Waals surface area contributed by atoms with Crippen molar-refractivity contribution in [2.75, 3.05) is 0 Å². The molecule has 0 radical (unpaired) electrons. The van der Waals surface area contributed by atoms with Crippen LogP contribution in [0.3, 0.4) is 0 Å². The molecule has 0 aromatic heterocycles. The van der Waals surface area contributed by atoms with Crippen LogP contribution in [0.5, 0.6) is 0 Å². The maximum atomic E-state index is 12.8. The van der Waals surface area contributed by atoms with E-state index in [0.717, 1.165) is 0 Å². The van der Waals surface area contributed by atoms with Crippen molar-refractivity contribution < 1.29 is 9.53 Å². The molecule has 6 unspecified atom stereocenters. The van der Waals surface area contributed by atoms with Crippen LogP contribution in [0.15, 0.2) is 0 Å². The maximum Gasteiger partial charge on any atom is 0.180 e. The molecule has 0 spiro atoms. The van der Waals surface area contributed by atoms with Crippen molar-refractivity contribution in [1.29, 1.82) is 0 Å². The summed E-state index contributed by atoms with van der Waals surface area (Å²) in [5.74, 6) is 0.0702. The molecule has 1 heterocycles. The Morgan fingerprint density at radius 2 is 1.42 bits per heavy atom. The second-order valence-electron chi connectivity index (χ2n) is 6.84. The highest BCUT2D eigenvalue weighted by atomic mass is 35.5. The van der Waals surface area contributed by atoms with Crippen LogP contribution < -0.4 is 0 Å². The van der Waals surface area contributed by atoms with E-state index in [4.69, 9.17) is 62.7 Å². The second kappa shape index (κ2) is 2.49. The van der Waals surface area contributed by atoms with Crippen LogP contribution in [-0.4, -0.2) is 36.9 Å². The molecule has 1 saturated heterocycles. The number of Topliss-reactive ketones (excluding diaryl/α,β-unsaturated/α-hetero) is 1. The fraction of sp³-hybridized carbons (Fsp3) is 0.917. The number of hydrogen-bond donors (Lipinski definition) is 0. The number of fused-ring (bicyclic) bond motifs is 5. The summed E-state index contributed by atoms with van der Waals surface area (Å²) in [6.07, 6.45) is 0.369. The largest absolute Gasteiger partial charge is 0.369 e. The summed E-state index contributed by atoms with van der Waals surface area (Å²) in [6.45, 7) is 0. The fourth-order valence-corrected chi connectivity index (χ4v) is 9.68.